The first-order valence-electron chi connectivity index (χ1n) is 6.53. The monoisotopic (exact) mass is 324 g/mol. The van der Waals surface area contributed by atoms with Crippen LogP contribution in [0.25, 0.3) is 0 Å². The van der Waals surface area contributed by atoms with E-state index in [-0.39, 0.29) is 36.6 Å². The maximum absolute atomic E-state index is 11.8. The van der Waals surface area contributed by atoms with E-state index in [9.17, 15) is 4.79 Å². The van der Waals surface area contributed by atoms with Gasteiger partial charge in [-0.1, -0.05) is 27.2 Å². The lowest BCUT2D eigenvalue weighted by atomic mass is 9.99. The zero-order chi connectivity index (χ0) is 13.5. The molecule has 0 fully saturated rings. The summed E-state index contributed by atoms with van der Waals surface area (Å²) >= 11 is 0. The molecule has 7 heteroatoms. The Hall–Kier alpha value is -0.780. The molecule has 0 saturated heterocycles. The lowest BCUT2D eigenvalue weighted by molar-refractivity contribution is -0.123. The molecule has 1 aromatic heterocycles. The van der Waals surface area contributed by atoms with Crippen LogP contribution in [0.4, 0.5) is 0 Å². The van der Waals surface area contributed by atoms with Gasteiger partial charge in [0.2, 0.25) is 5.91 Å². The summed E-state index contributed by atoms with van der Waals surface area (Å²) in [5.41, 5.74) is 5.87. The molecule has 0 spiro atoms. The number of amides is 1. The smallest absolute Gasteiger partial charge is 0.237 e. The highest BCUT2D eigenvalue weighted by Crippen LogP contribution is 2.05. The van der Waals surface area contributed by atoms with Crippen molar-refractivity contribution in [1.29, 1.82) is 0 Å². The van der Waals surface area contributed by atoms with E-state index in [4.69, 9.17) is 5.73 Å². The highest BCUT2D eigenvalue weighted by atomic mass is 35.5. The number of carbonyl (C=O) groups excluding carboxylic acids is 1. The third kappa shape index (κ3) is 7.12. The molecule has 0 aliphatic rings. The molecule has 3 unspecified atom stereocenters. The summed E-state index contributed by atoms with van der Waals surface area (Å²) in [7, 11) is 0. The molecular formula is C13H26Cl2N4O. The molecule has 0 aromatic carbocycles. The Kier molecular flexibility index (Phi) is 11.8. The van der Waals surface area contributed by atoms with Gasteiger partial charge in [0.15, 0.2) is 0 Å². The summed E-state index contributed by atoms with van der Waals surface area (Å²) in [5, 5.41) is 2.91. The summed E-state index contributed by atoms with van der Waals surface area (Å²) < 4.78 is 2.01. The Morgan fingerprint density at radius 1 is 1.40 bits per heavy atom. The molecule has 3 atom stereocenters. The van der Waals surface area contributed by atoms with Gasteiger partial charge in [0, 0.05) is 25.5 Å². The number of nitrogens with one attached hydrogen (secondary N) is 1. The average molecular weight is 325 g/mol. The van der Waals surface area contributed by atoms with Crippen molar-refractivity contribution < 1.29 is 4.79 Å². The number of rotatable bonds is 7. The lowest BCUT2D eigenvalue weighted by Crippen LogP contribution is -2.46. The van der Waals surface area contributed by atoms with Gasteiger partial charge in [0.25, 0.3) is 0 Å². The van der Waals surface area contributed by atoms with Crippen molar-refractivity contribution in [2.45, 2.75) is 39.8 Å². The van der Waals surface area contributed by atoms with E-state index in [0.717, 1.165) is 13.0 Å². The van der Waals surface area contributed by atoms with Gasteiger partial charge < -0.3 is 15.6 Å². The third-order valence-electron chi connectivity index (χ3n) is 3.27. The van der Waals surface area contributed by atoms with Gasteiger partial charge >= 0.3 is 0 Å². The molecule has 5 nitrogen and oxygen atoms in total. The first-order chi connectivity index (χ1) is 8.54. The van der Waals surface area contributed by atoms with Gasteiger partial charge in [0.1, 0.15) is 0 Å². The highest BCUT2D eigenvalue weighted by Gasteiger charge is 2.19. The summed E-state index contributed by atoms with van der Waals surface area (Å²) in [6.07, 6.45) is 6.37. The van der Waals surface area contributed by atoms with Crippen LogP contribution in [0.2, 0.25) is 0 Å². The summed E-state index contributed by atoms with van der Waals surface area (Å²) in [6, 6.07) is -0.407. The van der Waals surface area contributed by atoms with Gasteiger partial charge in [-0.2, -0.15) is 0 Å². The van der Waals surface area contributed by atoms with Crippen LogP contribution in [-0.4, -0.2) is 28.0 Å². The number of carbonyl (C=O) groups is 1. The summed E-state index contributed by atoms with van der Waals surface area (Å²) in [5.74, 6) is 0.517. The number of nitrogens with zero attached hydrogens (tertiary/aromatic N) is 2. The predicted octanol–water partition coefficient (Wildman–Crippen LogP) is 1.85. The number of imidazole rings is 1. The normalized spacial score (nSPS) is 14.4. The largest absolute Gasteiger partial charge is 0.354 e. The first kappa shape index (κ1) is 21.5. The number of aromatic nitrogens is 2. The maximum Gasteiger partial charge on any atom is 0.237 e. The lowest BCUT2D eigenvalue weighted by Gasteiger charge is -2.19. The van der Waals surface area contributed by atoms with Gasteiger partial charge in [0.05, 0.1) is 12.4 Å². The molecule has 1 amide bonds. The number of halogens is 2. The van der Waals surface area contributed by atoms with E-state index in [1.165, 1.54) is 0 Å². The Bertz CT molecular complexity index is 359. The molecular weight excluding hydrogens is 299 g/mol. The highest BCUT2D eigenvalue weighted by molar-refractivity contribution is 5.85. The van der Waals surface area contributed by atoms with Crippen molar-refractivity contribution in [1.82, 2.24) is 14.9 Å². The fourth-order valence-electron chi connectivity index (χ4n) is 1.72. The summed E-state index contributed by atoms with van der Waals surface area (Å²) in [6.45, 7) is 7.62. The molecule has 0 radical (unpaired) electrons. The second-order valence-electron chi connectivity index (χ2n) is 5.02. The Morgan fingerprint density at radius 3 is 2.55 bits per heavy atom. The molecule has 0 saturated carbocycles. The fourth-order valence-corrected chi connectivity index (χ4v) is 1.72. The second-order valence-corrected chi connectivity index (χ2v) is 5.02. The molecule has 1 heterocycles. The van der Waals surface area contributed by atoms with Crippen molar-refractivity contribution in [2.24, 2.45) is 17.6 Å². The molecule has 0 aliphatic heterocycles. The predicted molar refractivity (Wildman–Crippen MR) is 86.3 cm³/mol. The number of nitrogens with two attached hydrogens (primary N) is 1. The van der Waals surface area contributed by atoms with Crippen LogP contribution in [-0.2, 0) is 11.3 Å². The Morgan fingerprint density at radius 2 is 2.05 bits per heavy atom. The van der Waals surface area contributed by atoms with Crippen LogP contribution in [0, 0.1) is 11.8 Å². The van der Waals surface area contributed by atoms with Gasteiger partial charge in [-0.15, -0.1) is 24.8 Å². The molecule has 1 rings (SSSR count). The van der Waals surface area contributed by atoms with Crippen molar-refractivity contribution in [2.75, 3.05) is 6.54 Å². The van der Waals surface area contributed by atoms with E-state index >= 15 is 0 Å². The van der Waals surface area contributed by atoms with Gasteiger partial charge in [-0.25, -0.2) is 4.98 Å². The van der Waals surface area contributed by atoms with Crippen LogP contribution < -0.4 is 11.1 Å². The van der Waals surface area contributed by atoms with E-state index in [2.05, 4.69) is 17.2 Å². The molecule has 1 aromatic rings. The van der Waals surface area contributed by atoms with Crippen LogP contribution in [0.5, 0.6) is 0 Å². The molecule has 118 valence electrons. The van der Waals surface area contributed by atoms with Crippen LogP contribution in [0.15, 0.2) is 18.7 Å². The van der Waals surface area contributed by atoms with E-state index < -0.39 is 6.04 Å². The molecule has 0 aliphatic carbocycles. The minimum atomic E-state index is -0.407. The van der Waals surface area contributed by atoms with Crippen molar-refractivity contribution in [3.8, 4) is 0 Å². The zero-order valence-electron chi connectivity index (χ0n) is 12.3. The SMILES string of the molecule is CCC(C)C(N)C(=O)NCC(C)Cn1ccnc1.Cl.Cl. The Labute approximate surface area is 133 Å². The van der Waals surface area contributed by atoms with Crippen LogP contribution in [0.3, 0.4) is 0 Å². The zero-order valence-corrected chi connectivity index (χ0v) is 13.9. The van der Waals surface area contributed by atoms with Crippen molar-refractivity contribution in [3.63, 3.8) is 0 Å². The topological polar surface area (TPSA) is 72.9 Å². The fraction of sp³-hybridized carbons (Fsp3) is 0.692. The van der Waals surface area contributed by atoms with Crippen LogP contribution in [0.1, 0.15) is 27.2 Å². The minimum absolute atomic E-state index is 0. The average Bonchev–Trinajstić information content (AvgIpc) is 2.86. The summed E-state index contributed by atoms with van der Waals surface area (Å²) in [4.78, 5) is 15.8. The molecule has 3 N–H and O–H groups in total. The quantitative estimate of drug-likeness (QED) is 0.803. The van der Waals surface area contributed by atoms with E-state index in [1.807, 2.05) is 24.6 Å². The van der Waals surface area contributed by atoms with E-state index in [0.29, 0.717) is 12.5 Å². The first-order valence-corrected chi connectivity index (χ1v) is 6.53. The maximum atomic E-state index is 11.8. The second kappa shape index (κ2) is 10.9. The standard InChI is InChI=1S/C13H24N4O.2ClH/c1-4-11(3)12(14)13(18)16-7-10(2)8-17-6-5-15-9-17;;/h5-6,9-12H,4,7-8,14H2,1-3H3,(H,16,18);2*1H. The van der Waals surface area contributed by atoms with Gasteiger partial charge in [-0.05, 0) is 11.8 Å². The molecule has 0 bridgehead atoms. The third-order valence-corrected chi connectivity index (χ3v) is 3.27. The number of hydrogen-bond acceptors (Lipinski definition) is 3. The molecule has 20 heavy (non-hydrogen) atoms. The van der Waals surface area contributed by atoms with Gasteiger partial charge in [-0.3, -0.25) is 4.79 Å². The Balaban J connectivity index is 0. The number of hydrogen-bond donors (Lipinski definition) is 2. The van der Waals surface area contributed by atoms with Crippen LogP contribution >= 0.6 is 24.8 Å². The van der Waals surface area contributed by atoms with E-state index in [1.54, 1.807) is 12.5 Å². The minimum Gasteiger partial charge on any atom is -0.354 e. The van der Waals surface area contributed by atoms with Crippen molar-refractivity contribution in [3.05, 3.63) is 18.7 Å². The van der Waals surface area contributed by atoms with Crippen molar-refractivity contribution >= 4 is 30.7 Å².